The molecule has 0 rings (SSSR count). The standard InChI is InChI=1S/C20H44Si2/c1-8-21(9-2,10-3)18-14-16-20(7)17-15-19-22(11-4,12-5)13-6/h7-19H2,1-6H3. The minimum Gasteiger partial charge on any atom is -0.0999 e. The molecule has 0 aromatic rings. The Morgan fingerprint density at radius 1 is 0.591 bits per heavy atom. The molecule has 0 spiro atoms. The molecule has 0 N–H and O–H groups in total. The fraction of sp³-hybridized carbons (Fsp3) is 0.900. The summed E-state index contributed by atoms with van der Waals surface area (Å²) in [6.45, 7) is 19.0. The van der Waals surface area contributed by atoms with Crippen LogP contribution >= 0.6 is 0 Å². The van der Waals surface area contributed by atoms with E-state index in [-0.39, 0.29) is 0 Å². The van der Waals surface area contributed by atoms with Gasteiger partial charge in [0, 0.05) is 0 Å². The summed E-state index contributed by atoms with van der Waals surface area (Å²) >= 11 is 0. The lowest BCUT2D eigenvalue weighted by atomic mass is 10.1. The van der Waals surface area contributed by atoms with E-state index in [0.29, 0.717) is 0 Å². The van der Waals surface area contributed by atoms with Gasteiger partial charge in [0.2, 0.25) is 0 Å². The summed E-state index contributed by atoms with van der Waals surface area (Å²) < 4.78 is 0. The largest absolute Gasteiger partial charge is 0.0999 e. The smallest absolute Gasteiger partial charge is 0.0527 e. The van der Waals surface area contributed by atoms with Crippen LogP contribution in [0.2, 0.25) is 48.4 Å². The zero-order valence-corrected chi connectivity index (χ0v) is 18.7. The van der Waals surface area contributed by atoms with E-state index in [1.807, 2.05) is 0 Å². The molecule has 0 saturated carbocycles. The average Bonchev–Trinajstić information content (AvgIpc) is 2.56. The molecule has 132 valence electrons. The lowest BCUT2D eigenvalue weighted by molar-refractivity contribution is 0.784. The van der Waals surface area contributed by atoms with E-state index in [2.05, 4.69) is 48.1 Å². The number of hydrogen-bond acceptors (Lipinski definition) is 0. The average molecular weight is 341 g/mol. The second-order valence-corrected chi connectivity index (χ2v) is 18.8. The summed E-state index contributed by atoms with van der Waals surface area (Å²) in [5.74, 6) is 0. The predicted octanol–water partition coefficient (Wildman–Crippen LogP) is 8.12. The van der Waals surface area contributed by atoms with Crippen molar-refractivity contribution in [1.82, 2.24) is 0 Å². The van der Waals surface area contributed by atoms with Crippen molar-refractivity contribution in [2.24, 2.45) is 0 Å². The highest BCUT2D eigenvalue weighted by Crippen LogP contribution is 2.30. The molecular weight excluding hydrogens is 296 g/mol. The Morgan fingerprint density at radius 2 is 0.864 bits per heavy atom. The summed E-state index contributed by atoms with van der Waals surface area (Å²) in [6, 6.07) is 11.9. The van der Waals surface area contributed by atoms with Crippen molar-refractivity contribution in [3.63, 3.8) is 0 Å². The summed E-state index contributed by atoms with van der Waals surface area (Å²) in [6.07, 6.45) is 5.43. The van der Waals surface area contributed by atoms with Gasteiger partial charge in [-0.05, 0) is 12.8 Å². The first-order chi connectivity index (χ1) is 10.5. The van der Waals surface area contributed by atoms with Crippen LogP contribution < -0.4 is 0 Å². The molecule has 0 radical (unpaired) electrons. The molecule has 2 heteroatoms. The Morgan fingerprint density at radius 3 is 1.09 bits per heavy atom. The Hall–Kier alpha value is 0.174. The summed E-state index contributed by atoms with van der Waals surface area (Å²) in [7, 11) is -1.79. The Bertz CT molecular complexity index is 244. The van der Waals surface area contributed by atoms with Crippen LogP contribution in [0.4, 0.5) is 0 Å². The van der Waals surface area contributed by atoms with Crippen molar-refractivity contribution in [3.8, 4) is 0 Å². The molecule has 0 saturated heterocycles. The first-order valence-corrected chi connectivity index (χ1v) is 15.8. The maximum atomic E-state index is 4.38. The third-order valence-electron chi connectivity index (χ3n) is 6.97. The zero-order valence-electron chi connectivity index (χ0n) is 16.7. The molecule has 0 aromatic carbocycles. The molecule has 0 fully saturated rings. The van der Waals surface area contributed by atoms with E-state index < -0.39 is 16.1 Å². The van der Waals surface area contributed by atoms with E-state index >= 15 is 0 Å². The predicted molar refractivity (Wildman–Crippen MR) is 112 cm³/mol. The van der Waals surface area contributed by atoms with Gasteiger partial charge in [-0.15, -0.1) is 0 Å². The minimum atomic E-state index is -0.897. The van der Waals surface area contributed by atoms with Crippen LogP contribution in [0.25, 0.3) is 0 Å². The van der Waals surface area contributed by atoms with E-state index in [9.17, 15) is 0 Å². The van der Waals surface area contributed by atoms with Crippen molar-refractivity contribution < 1.29 is 0 Å². The van der Waals surface area contributed by atoms with E-state index in [1.165, 1.54) is 79.6 Å². The number of rotatable bonds is 14. The lowest BCUT2D eigenvalue weighted by Gasteiger charge is -2.29. The first kappa shape index (κ1) is 22.2. The summed E-state index contributed by atoms with van der Waals surface area (Å²) in [4.78, 5) is 0. The number of hydrogen-bond donors (Lipinski definition) is 0. The Balaban J connectivity index is 4.06. The van der Waals surface area contributed by atoms with Crippen LogP contribution in [0, 0.1) is 0 Å². The van der Waals surface area contributed by atoms with Gasteiger partial charge in [-0.25, -0.2) is 0 Å². The van der Waals surface area contributed by atoms with Crippen LogP contribution in [-0.2, 0) is 0 Å². The first-order valence-electron chi connectivity index (χ1n) is 10.1. The van der Waals surface area contributed by atoms with Crippen LogP contribution in [0.3, 0.4) is 0 Å². The molecule has 0 heterocycles. The SMILES string of the molecule is C=C(CCC[Si](CC)(CC)CC)CCC[Si](CC)(CC)CC. The number of allylic oxidation sites excluding steroid dienone is 1. The van der Waals surface area contributed by atoms with Gasteiger partial charge in [-0.3, -0.25) is 0 Å². The third kappa shape index (κ3) is 7.16. The van der Waals surface area contributed by atoms with Crippen LogP contribution in [0.5, 0.6) is 0 Å². The van der Waals surface area contributed by atoms with Crippen molar-refractivity contribution >= 4 is 16.1 Å². The zero-order chi connectivity index (χ0) is 17.1. The lowest BCUT2D eigenvalue weighted by Crippen LogP contribution is -2.31. The molecule has 0 aliphatic carbocycles. The maximum Gasteiger partial charge on any atom is 0.0527 e. The summed E-state index contributed by atoms with van der Waals surface area (Å²) in [5.41, 5.74) is 1.54. The van der Waals surface area contributed by atoms with Gasteiger partial charge in [0.05, 0.1) is 16.1 Å². The van der Waals surface area contributed by atoms with E-state index in [0.717, 1.165) is 0 Å². The van der Waals surface area contributed by atoms with Gasteiger partial charge in [0.1, 0.15) is 0 Å². The minimum absolute atomic E-state index is 0.897. The third-order valence-corrected chi connectivity index (χ3v) is 18.8. The van der Waals surface area contributed by atoms with Crippen LogP contribution in [0.15, 0.2) is 12.2 Å². The molecular formula is C20H44Si2. The van der Waals surface area contributed by atoms with Crippen molar-refractivity contribution in [2.45, 2.75) is 116 Å². The van der Waals surface area contributed by atoms with Gasteiger partial charge in [-0.1, -0.05) is 115 Å². The van der Waals surface area contributed by atoms with E-state index in [4.69, 9.17) is 0 Å². The molecule has 22 heavy (non-hydrogen) atoms. The van der Waals surface area contributed by atoms with Crippen LogP contribution in [-0.4, -0.2) is 16.1 Å². The molecule has 0 atom stereocenters. The fourth-order valence-electron chi connectivity index (χ4n) is 4.11. The van der Waals surface area contributed by atoms with Gasteiger partial charge >= 0.3 is 0 Å². The second kappa shape index (κ2) is 11.7. The Labute approximate surface area is 144 Å². The maximum absolute atomic E-state index is 4.38. The van der Waals surface area contributed by atoms with E-state index in [1.54, 1.807) is 0 Å². The molecule has 0 bridgehead atoms. The fourth-order valence-corrected chi connectivity index (χ4v) is 11.1. The summed E-state index contributed by atoms with van der Waals surface area (Å²) in [5, 5.41) is 0. The molecule has 0 aromatic heterocycles. The highest BCUT2D eigenvalue weighted by Gasteiger charge is 2.26. The van der Waals surface area contributed by atoms with Crippen molar-refractivity contribution in [1.29, 1.82) is 0 Å². The molecule has 0 aliphatic heterocycles. The van der Waals surface area contributed by atoms with Gasteiger partial charge in [-0.2, -0.15) is 0 Å². The molecule has 0 amide bonds. The second-order valence-electron chi connectivity index (χ2n) is 7.58. The highest BCUT2D eigenvalue weighted by molar-refractivity contribution is 6.80. The quantitative estimate of drug-likeness (QED) is 0.221. The van der Waals surface area contributed by atoms with Crippen molar-refractivity contribution in [3.05, 3.63) is 12.2 Å². The molecule has 0 aliphatic rings. The topological polar surface area (TPSA) is 0 Å². The molecule has 0 unspecified atom stereocenters. The van der Waals surface area contributed by atoms with Crippen LogP contribution in [0.1, 0.15) is 67.2 Å². The normalized spacial score (nSPS) is 12.6. The highest BCUT2D eigenvalue weighted by atomic mass is 28.3. The van der Waals surface area contributed by atoms with Crippen molar-refractivity contribution in [2.75, 3.05) is 0 Å². The van der Waals surface area contributed by atoms with Gasteiger partial charge in [0.15, 0.2) is 0 Å². The monoisotopic (exact) mass is 340 g/mol. The Kier molecular flexibility index (Phi) is 11.8. The van der Waals surface area contributed by atoms with Gasteiger partial charge in [0.25, 0.3) is 0 Å². The molecule has 0 nitrogen and oxygen atoms in total. The van der Waals surface area contributed by atoms with Gasteiger partial charge < -0.3 is 0 Å².